The lowest BCUT2D eigenvalue weighted by Gasteiger charge is -2.34. The lowest BCUT2D eigenvalue weighted by molar-refractivity contribution is -0.131. The number of ether oxygens (including phenoxy) is 5. The van der Waals surface area contributed by atoms with Crippen LogP contribution in [0.4, 0.5) is 0 Å². The number of benzene rings is 1. The molecule has 0 bridgehead atoms. The van der Waals surface area contributed by atoms with Gasteiger partial charge >= 0.3 is 0 Å². The number of ketones is 2. The Kier molecular flexibility index (Phi) is 9.18. The molecular formula is C22H30N2O8. The van der Waals surface area contributed by atoms with E-state index in [1.165, 1.54) is 42.6 Å². The van der Waals surface area contributed by atoms with E-state index in [1.54, 1.807) is 17.0 Å². The minimum atomic E-state index is -0.530. The van der Waals surface area contributed by atoms with Gasteiger partial charge in [-0.05, 0) is 12.1 Å². The van der Waals surface area contributed by atoms with Crippen LogP contribution in [0.5, 0.6) is 11.5 Å². The van der Waals surface area contributed by atoms with Gasteiger partial charge < -0.3 is 33.5 Å². The Morgan fingerprint density at radius 2 is 1.25 bits per heavy atom. The third-order valence-electron chi connectivity index (χ3n) is 5.10. The lowest BCUT2D eigenvalue weighted by atomic mass is 9.87. The quantitative estimate of drug-likeness (QED) is 0.461. The van der Waals surface area contributed by atoms with Crippen molar-refractivity contribution >= 4 is 17.5 Å². The van der Waals surface area contributed by atoms with Crippen LogP contribution in [0.3, 0.4) is 0 Å². The number of Topliss-reactive ketones (excluding diaryl/α,β-unsaturated/α-hetero) is 2. The minimum absolute atomic E-state index is 0.0473. The van der Waals surface area contributed by atoms with Crippen LogP contribution in [0.2, 0.25) is 0 Å². The molecule has 0 heterocycles. The molecule has 0 unspecified atom stereocenters. The molecule has 0 fully saturated rings. The normalized spacial score (nSPS) is 13.2. The van der Waals surface area contributed by atoms with E-state index in [1.807, 2.05) is 0 Å². The molecule has 2 rings (SSSR count). The maximum Gasteiger partial charge on any atom is 0.252 e. The molecule has 1 aromatic carbocycles. The van der Waals surface area contributed by atoms with Gasteiger partial charge in [-0.1, -0.05) is 0 Å². The van der Waals surface area contributed by atoms with Crippen LogP contribution >= 0.6 is 0 Å². The maximum absolute atomic E-state index is 13.8. The van der Waals surface area contributed by atoms with Crippen molar-refractivity contribution in [2.45, 2.75) is 0 Å². The Bertz CT molecular complexity index is 888. The van der Waals surface area contributed by atoms with E-state index in [4.69, 9.17) is 23.7 Å². The molecule has 1 aliphatic rings. The van der Waals surface area contributed by atoms with Crippen molar-refractivity contribution in [2.24, 2.45) is 0 Å². The smallest absolute Gasteiger partial charge is 0.252 e. The summed E-state index contributed by atoms with van der Waals surface area (Å²) in [6, 6.07) is 3.12. The first-order valence-corrected chi connectivity index (χ1v) is 9.94. The Labute approximate surface area is 187 Å². The summed E-state index contributed by atoms with van der Waals surface area (Å²) in [7, 11) is 8.71. The summed E-state index contributed by atoms with van der Waals surface area (Å²) < 4.78 is 26.1. The predicted octanol–water partition coefficient (Wildman–Crippen LogP) is 0.994. The number of hydrogen-bond donors (Lipinski definition) is 0. The van der Waals surface area contributed by atoms with E-state index in [2.05, 4.69) is 0 Å². The highest BCUT2D eigenvalue weighted by molar-refractivity contribution is 6.29. The number of hydrogen-bond acceptors (Lipinski definition) is 9. The van der Waals surface area contributed by atoms with Gasteiger partial charge in [0.25, 0.3) is 5.91 Å². The summed E-state index contributed by atoms with van der Waals surface area (Å²) in [5, 5.41) is 0. The number of fused-ring (bicyclic) bond motifs is 1. The zero-order chi connectivity index (χ0) is 23.8. The molecule has 0 aromatic heterocycles. The first-order chi connectivity index (χ1) is 15.4. The van der Waals surface area contributed by atoms with Crippen LogP contribution < -0.4 is 9.47 Å². The summed E-state index contributed by atoms with van der Waals surface area (Å²) in [6.07, 6.45) is 0. The Morgan fingerprint density at radius 3 is 1.66 bits per heavy atom. The fourth-order valence-corrected chi connectivity index (χ4v) is 3.50. The average molecular weight is 450 g/mol. The van der Waals surface area contributed by atoms with Gasteiger partial charge in [-0.15, -0.1) is 0 Å². The van der Waals surface area contributed by atoms with Crippen LogP contribution in [-0.4, -0.2) is 103 Å². The zero-order valence-corrected chi connectivity index (χ0v) is 19.4. The number of methoxy groups -OCH3 is 5. The van der Waals surface area contributed by atoms with Crippen LogP contribution in [0.1, 0.15) is 20.7 Å². The number of allylic oxidation sites excluding steroid dienone is 2. The van der Waals surface area contributed by atoms with Gasteiger partial charge in [0.05, 0.1) is 38.6 Å². The van der Waals surface area contributed by atoms with Crippen molar-refractivity contribution < 1.29 is 38.1 Å². The van der Waals surface area contributed by atoms with Crippen molar-refractivity contribution in [2.75, 3.05) is 75.5 Å². The maximum atomic E-state index is 13.8. The number of carbonyl (C=O) groups is 3. The second-order valence-electron chi connectivity index (χ2n) is 6.93. The lowest BCUT2D eigenvalue weighted by Crippen LogP contribution is -2.44. The van der Waals surface area contributed by atoms with Crippen molar-refractivity contribution in [1.82, 2.24) is 9.80 Å². The highest BCUT2D eigenvalue weighted by atomic mass is 16.5. The van der Waals surface area contributed by atoms with Crippen LogP contribution in [-0.2, 0) is 19.0 Å². The molecule has 0 saturated heterocycles. The van der Waals surface area contributed by atoms with Gasteiger partial charge in [0.2, 0.25) is 11.6 Å². The van der Waals surface area contributed by atoms with Gasteiger partial charge in [0, 0.05) is 41.5 Å². The fourth-order valence-electron chi connectivity index (χ4n) is 3.50. The van der Waals surface area contributed by atoms with E-state index in [-0.39, 0.29) is 40.6 Å². The van der Waals surface area contributed by atoms with E-state index < -0.39 is 17.5 Å². The van der Waals surface area contributed by atoms with Crippen LogP contribution in [0, 0.1) is 0 Å². The van der Waals surface area contributed by atoms with E-state index in [0.717, 1.165) is 4.90 Å². The van der Waals surface area contributed by atoms with Crippen molar-refractivity contribution in [1.29, 1.82) is 0 Å². The van der Waals surface area contributed by atoms with Gasteiger partial charge in [0.1, 0.15) is 29.5 Å². The molecule has 0 saturated carbocycles. The van der Waals surface area contributed by atoms with Gasteiger partial charge in [-0.25, -0.2) is 0 Å². The van der Waals surface area contributed by atoms with E-state index in [9.17, 15) is 14.4 Å². The standard InChI is InChI=1S/C22H30N2O8/c1-23(16(25)13-30-4)19-20(24(9-11-28-2)10-12-29-3)22(27)18-15(32-6)8-7-14(31-5)17(18)21(19)26/h7-8H,9-13H2,1-6H3. The molecule has 10 nitrogen and oxygen atoms in total. The molecule has 1 aliphatic carbocycles. The third-order valence-corrected chi connectivity index (χ3v) is 5.10. The summed E-state index contributed by atoms with van der Waals surface area (Å²) in [6.45, 7) is 0.921. The molecule has 176 valence electrons. The number of nitrogens with zero attached hydrogens (tertiary/aromatic N) is 2. The molecule has 10 heteroatoms. The Morgan fingerprint density at radius 1 is 0.781 bits per heavy atom. The average Bonchev–Trinajstić information content (AvgIpc) is 2.80. The minimum Gasteiger partial charge on any atom is -0.496 e. The highest BCUT2D eigenvalue weighted by Gasteiger charge is 2.42. The molecule has 0 N–H and O–H groups in total. The number of carbonyl (C=O) groups excluding carboxylic acids is 3. The number of likely N-dealkylation sites (N-methyl/N-ethyl adjacent to an activating group) is 1. The summed E-state index contributed by atoms with van der Waals surface area (Å²) in [4.78, 5) is 43.1. The van der Waals surface area contributed by atoms with Crippen molar-refractivity contribution in [3.63, 3.8) is 0 Å². The molecule has 0 atom stereocenters. The van der Waals surface area contributed by atoms with Gasteiger partial charge in [-0.3, -0.25) is 14.4 Å². The predicted molar refractivity (Wildman–Crippen MR) is 115 cm³/mol. The zero-order valence-electron chi connectivity index (χ0n) is 19.4. The van der Waals surface area contributed by atoms with Gasteiger partial charge in [-0.2, -0.15) is 0 Å². The number of amides is 1. The second-order valence-corrected chi connectivity index (χ2v) is 6.93. The van der Waals surface area contributed by atoms with Crippen LogP contribution in [0.25, 0.3) is 0 Å². The summed E-state index contributed by atoms with van der Waals surface area (Å²) in [5.41, 5.74) is 0.132. The Balaban J connectivity index is 2.80. The largest absolute Gasteiger partial charge is 0.496 e. The number of rotatable bonds is 12. The second kappa shape index (κ2) is 11.6. The molecule has 0 aliphatic heterocycles. The third kappa shape index (κ3) is 4.93. The molecule has 32 heavy (non-hydrogen) atoms. The molecule has 0 spiro atoms. The monoisotopic (exact) mass is 450 g/mol. The molecule has 0 radical (unpaired) electrons. The van der Waals surface area contributed by atoms with E-state index >= 15 is 0 Å². The molecule has 1 amide bonds. The fraction of sp³-hybridized carbons (Fsp3) is 0.500. The van der Waals surface area contributed by atoms with Gasteiger partial charge in [0.15, 0.2) is 0 Å². The van der Waals surface area contributed by atoms with Crippen molar-refractivity contribution in [3.8, 4) is 11.5 Å². The van der Waals surface area contributed by atoms with E-state index in [0.29, 0.717) is 26.3 Å². The first-order valence-electron chi connectivity index (χ1n) is 9.94. The molecule has 1 aromatic rings. The summed E-state index contributed by atoms with van der Waals surface area (Å²) in [5.74, 6) is -1.03. The van der Waals surface area contributed by atoms with Crippen LogP contribution in [0.15, 0.2) is 23.5 Å². The SMILES string of the molecule is COCCN(CCOC)C1=C(N(C)C(=O)COC)C(=O)c2c(OC)ccc(OC)c2C1=O. The first kappa shape index (κ1) is 25.3. The Hall–Kier alpha value is -2.95. The summed E-state index contributed by atoms with van der Waals surface area (Å²) >= 11 is 0. The molecular weight excluding hydrogens is 420 g/mol. The van der Waals surface area contributed by atoms with Crippen molar-refractivity contribution in [3.05, 3.63) is 34.7 Å². The highest BCUT2D eigenvalue weighted by Crippen LogP contribution is 2.39. The topological polar surface area (TPSA) is 104 Å².